The lowest BCUT2D eigenvalue weighted by atomic mass is 10.1. The molecule has 0 aromatic carbocycles. The van der Waals surface area contributed by atoms with Gasteiger partial charge in [0.2, 0.25) is 0 Å². The molecule has 2 aromatic rings. The highest BCUT2D eigenvalue weighted by Gasteiger charge is 2.23. The summed E-state index contributed by atoms with van der Waals surface area (Å²) in [6.45, 7) is 11.6. The third-order valence-electron chi connectivity index (χ3n) is 3.34. The second-order valence-electron chi connectivity index (χ2n) is 6.15. The molecule has 2 aromatic heterocycles. The molecule has 0 saturated heterocycles. The molecule has 114 valence electrons. The molecule has 0 aliphatic carbocycles. The number of carbonyl (C=O) groups excluding carboxylic acids is 1. The highest BCUT2D eigenvalue weighted by Crippen LogP contribution is 2.19. The number of nitrogens with zero attached hydrogens (tertiary/aromatic N) is 3. The monoisotopic (exact) mass is 305 g/mol. The second-order valence-corrected chi connectivity index (χ2v) is 7.18. The van der Waals surface area contributed by atoms with Gasteiger partial charge in [-0.25, -0.2) is 0 Å². The predicted octanol–water partition coefficient (Wildman–Crippen LogP) is 3.67. The minimum atomic E-state index is -0.118. The van der Waals surface area contributed by atoms with Crippen molar-refractivity contribution in [3.63, 3.8) is 0 Å². The molecule has 0 radical (unpaired) electrons. The van der Waals surface area contributed by atoms with E-state index >= 15 is 0 Å². The van der Waals surface area contributed by atoms with Crippen LogP contribution in [0.3, 0.4) is 0 Å². The van der Waals surface area contributed by atoms with Crippen molar-refractivity contribution >= 4 is 17.2 Å². The van der Waals surface area contributed by atoms with Gasteiger partial charge in [0.1, 0.15) is 0 Å². The molecule has 0 saturated carbocycles. The Bertz CT molecular complexity index is 608. The first-order chi connectivity index (χ1) is 9.82. The molecule has 0 spiro atoms. The lowest BCUT2D eigenvalue weighted by Gasteiger charge is -2.21. The van der Waals surface area contributed by atoms with Gasteiger partial charge >= 0.3 is 0 Å². The molecule has 0 bridgehead atoms. The van der Waals surface area contributed by atoms with E-state index in [2.05, 4.69) is 31.9 Å². The normalized spacial score (nSPS) is 11.7. The summed E-state index contributed by atoms with van der Waals surface area (Å²) in [7, 11) is 0. The van der Waals surface area contributed by atoms with E-state index in [1.54, 1.807) is 11.3 Å². The van der Waals surface area contributed by atoms with Crippen LogP contribution in [0, 0.1) is 6.92 Å². The minimum absolute atomic E-state index is 0.00278. The van der Waals surface area contributed by atoms with Crippen LogP contribution in [0.5, 0.6) is 0 Å². The average Bonchev–Trinajstić information content (AvgIpc) is 3.03. The minimum Gasteiger partial charge on any atom is -0.332 e. The van der Waals surface area contributed by atoms with Gasteiger partial charge in [-0.15, -0.1) is 11.3 Å². The Morgan fingerprint density at radius 1 is 1.43 bits per heavy atom. The first-order valence-electron chi connectivity index (χ1n) is 7.21. The lowest BCUT2D eigenvalue weighted by molar-refractivity contribution is 0.0746. The first-order valence-corrected chi connectivity index (χ1v) is 8.09. The topological polar surface area (TPSA) is 38.1 Å². The van der Waals surface area contributed by atoms with Crippen LogP contribution in [0.25, 0.3) is 0 Å². The molecule has 0 unspecified atom stereocenters. The number of amides is 1. The molecule has 2 heterocycles. The van der Waals surface area contributed by atoms with Gasteiger partial charge in [0.05, 0.1) is 12.1 Å². The van der Waals surface area contributed by atoms with Crippen LogP contribution in [-0.2, 0) is 12.1 Å². The lowest BCUT2D eigenvalue weighted by Crippen LogP contribution is -2.31. The fraction of sp³-hybridized carbons (Fsp3) is 0.500. The zero-order valence-corrected chi connectivity index (χ0v) is 14.2. The molecular formula is C16H23N3OS. The summed E-state index contributed by atoms with van der Waals surface area (Å²) in [4.78, 5) is 15.7. The van der Waals surface area contributed by atoms with Gasteiger partial charge in [0.15, 0.2) is 5.69 Å². The predicted molar refractivity (Wildman–Crippen MR) is 86.7 cm³/mol. The summed E-state index contributed by atoms with van der Waals surface area (Å²) in [6.07, 6.45) is 0. The highest BCUT2D eigenvalue weighted by molar-refractivity contribution is 7.09. The summed E-state index contributed by atoms with van der Waals surface area (Å²) in [5, 5.41) is 6.54. The van der Waals surface area contributed by atoms with Crippen molar-refractivity contribution in [1.82, 2.24) is 14.7 Å². The first kappa shape index (κ1) is 15.8. The van der Waals surface area contributed by atoms with Gasteiger partial charge in [0.25, 0.3) is 5.91 Å². The van der Waals surface area contributed by atoms with Crippen molar-refractivity contribution < 1.29 is 4.79 Å². The Morgan fingerprint density at radius 3 is 2.62 bits per heavy atom. The Kier molecular flexibility index (Phi) is 4.52. The van der Waals surface area contributed by atoms with Crippen molar-refractivity contribution in [2.75, 3.05) is 6.54 Å². The number of hydrogen-bond acceptors (Lipinski definition) is 3. The van der Waals surface area contributed by atoms with Crippen molar-refractivity contribution in [1.29, 1.82) is 0 Å². The van der Waals surface area contributed by atoms with E-state index in [4.69, 9.17) is 0 Å². The van der Waals surface area contributed by atoms with Crippen LogP contribution >= 0.6 is 11.3 Å². The summed E-state index contributed by atoms with van der Waals surface area (Å²) in [5.41, 5.74) is 1.42. The molecule has 21 heavy (non-hydrogen) atoms. The number of aromatic nitrogens is 2. The van der Waals surface area contributed by atoms with Crippen LogP contribution in [0.2, 0.25) is 0 Å². The largest absolute Gasteiger partial charge is 0.332 e. The molecule has 0 fully saturated rings. The summed E-state index contributed by atoms with van der Waals surface area (Å²) in [6, 6.07) is 5.95. The standard InChI is InChI=1S/C16H23N3OS/c1-6-18(11-13-8-7-9-21-13)15(20)14-10-12(2)19(17-14)16(3,4)5/h7-10H,6,11H2,1-5H3. The smallest absolute Gasteiger partial charge is 0.274 e. The maximum absolute atomic E-state index is 12.6. The summed E-state index contributed by atoms with van der Waals surface area (Å²) >= 11 is 1.67. The van der Waals surface area contributed by atoms with Crippen molar-refractivity contribution in [3.05, 3.63) is 39.8 Å². The molecule has 4 nitrogen and oxygen atoms in total. The SMILES string of the molecule is CCN(Cc1cccs1)C(=O)c1cc(C)n(C(C)(C)C)n1. The number of hydrogen-bond donors (Lipinski definition) is 0. The molecule has 0 aliphatic heterocycles. The van der Waals surface area contributed by atoms with Gasteiger partial charge in [-0.3, -0.25) is 9.48 Å². The third kappa shape index (κ3) is 3.53. The van der Waals surface area contributed by atoms with Gasteiger partial charge in [-0.05, 0) is 52.1 Å². The fourth-order valence-corrected chi connectivity index (χ4v) is 3.06. The Labute approximate surface area is 130 Å². The maximum Gasteiger partial charge on any atom is 0.274 e. The highest BCUT2D eigenvalue weighted by atomic mass is 32.1. The summed E-state index contributed by atoms with van der Waals surface area (Å²) < 4.78 is 1.92. The Balaban J connectivity index is 2.22. The van der Waals surface area contributed by atoms with Crippen LogP contribution in [0.15, 0.2) is 23.6 Å². The number of aryl methyl sites for hydroxylation is 1. The van der Waals surface area contributed by atoms with Crippen LogP contribution < -0.4 is 0 Å². The molecule has 1 amide bonds. The molecule has 0 N–H and O–H groups in total. The average molecular weight is 305 g/mol. The van der Waals surface area contributed by atoms with Gasteiger partial charge in [0, 0.05) is 17.1 Å². The zero-order valence-electron chi connectivity index (χ0n) is 13.4. The van der Waals surface area contributed by atoms with Gasteiger partial charge < -0.3 is 4.90 Å². The Hall–Kier alpha value is -1.62. The number of carbonyl (C=O) groups is 1. The molecule has 0 aliphatic rings. The van der Waals surface area contributed by atoms with Crippen molar-refractivity contribution in [2.45, 2.75) is 46.7 Å². The van der Waals surface area contributed by atoms with E-state index in [1.165, 1.54) is 4.88 Å². The van der Waals surface area contributed by atoms with Crippen LogP contribution in [-0.4, -0.2) is 27.1 Å². The number of thiophene rings is 1. The van der Waals surface area contributed by atoms with E-state index in [1.807, 2.05) is 40.9 Å². The third-order valence-corrected chi connectivity index (χ3v) is 4.20. The van der Waals surface area contributed by atoms with Crippen LogP contribution in [0.1, 0.15) is 48.8 Å². The van der Waals surface area contributed by atoms with E-state index in [0.717, 1.165) is 5.69 Å². The maximum atomic E-state index is 12.6. The quantitative estimate of drug-likeness (QED) is 0.864. The molecule has 5 heteroatoms. The van der Waals surface area contributed by atoms with Gasteiger partial charge in [-0.1, -0.05) is 6.07 Å². The molecular weight excluding hydrogens is 282 g/mol. The van der Waals surface area contributed by atoms with Crippen molar-refractivity contribution in [3.8, 4) is 0 Å². The fourth-order valence-electron chi connectivity index (χ4n) is 2.34. The van der Waals surface area contributed by atoms with Gasteiger partial charge in [-0.2, -0.15) is 5.10 Å². The molecule has 2 rings (SSSR count). The second kappa shape index (κ2) is 6.02. The van der Waals surface area contributed by atoms with E-state index in [0.29, 0.717) is 18.8 Å². The Morgan fingerprint density at radius 2 is 2.14 bits per heavy atom. The van der Waals surface area contributed by atoms with E-state index < -0.39 is 0 Å². The zero-order chi connectivity index (χ0) is 15.6. The van der Waals surface area contributed by atoms with E-state index in [9.17, 15) is 4.79 Å². The molecule has 0 atom stereocenters. The summed E-state index contributed by atoms with van der Waals surface area (Å²) in [5.74, 6) is -0.00278. The van der Waals surface area contributed by atoms with E-state index in [-0.39, 0.29) is 11.4 Å². The van der Waals surface area contributed by atoms with Crippen LogP contribution in [0.4, 0.5) is 0 Å². The van der Waals surface area contributed by atoms with Crippen molar-refractivity contribution in [2.24, 2.45) is 0 Å². The number of rotatable bonds is 4.